The molecule has 0 amide bonds. The number of para-hydroxylation sites is 1. The van der Waals surface area contributed by atoms with Crippen molar-refractivity contribution in [3.8, 4) is 17.2 Å². The van der Waals surface area contributed by atoms with Gasteiger partial charge in [0.1, 0.15) is 23.1 Å². The second-order valence-electron chi connectivity index (χ2n) is 5.83. The van der Waals surface area contributed by atoms with Gasteiger partial charge in [-0.15, -0.1) is 0 Å². The van der Waals surface area contributed by atoms with E-state index in [4.69, 9.17) is 14.9 Å². The van der Waals surface area contributed by atoms with Gasteiger partial charge in [-0.2, -0.15) is 0 Å². The molecule has 0 spiro atoms. The Bertz CT molecular complexity index is 783. The van der Waals surface area contributed by atoms with Gasteiger partial charge < -0.3 is 14.9 Å². The lowest BCUT2D eigenvalue weighted by Crippen LogP contribution is -2.07. The zero-order valence-corrected chi connectivity index (χ0v) is 16.7. The molecular weight excluding hydrogens is 355 g/mol. The molecule has 0 aromatic heterocycles. The highest BCUT2D eigenvalue weighted by Crippen LogP contribution is 2.27. The summed E-state index contributed by atoms with van der Waals surface area (Å²) in [6.07, 6.45) is 2.15. The first-order valence-corrected chi connectivity index (χ1v) is 9.46. The second kappa shape index (κ2) is 13.2. The summed E-state index contributed by atoms with van der Waals surface area (Å²) in [7, 11) is 0. The van der Waals surface area contributed by atoms with Crippen LogP contribution in [0.25, 0.3) is 0 Å². The van der Waals surface area contributed by atoms with E-state index in [-0.39, 0.29) is 11.6 Å². The number of halogens is 1. The molecule has 3 nitrogen and oxygen atoms in total. The van der Waals surface area contributed by atoms with Crippen molar-refractivity contribution in [1.29, 1.82) is 0 Å². The third-order valence-electron chi connectivity index (χ3n) is 3.73. The molecule has 1 heterocycles. The molecular formula is C24H29FO3. The van der Waals surface area contributed by atoms with Crippen molar-refractivity contribution in [2.75, 3.05) is 6.61 Å². The van der Waals surface area contributed by atoms with Gasteiger partial charge >= 0.3 is 0 Å². The Hall–Kier alpha value is -3.01. The first-order valence-electron chi connectivity index (χ1n) is 9.46. The number of fused-ring (bicyclic) bond motifs is 1. The number of aromatic hydroxyl groups is 2. The molecule has 0 aliphatic carbocycles. The molecule has 3 aromatic rings. The molecule has 4 heteroatoms. The second-order valence-corrected chi connectivity index (χ2v) is 5.83. The molecule has 0 saturated heterocycles. The highest BCUT2D eigenvalue weighted by Gasteiger charge is 2.09. The number of hydrogen-bond acceptors (Lipinski definition) is 3. The minimum atomic E-state index is -0.132. The zero-order chi connectivity index (χ0) is 20.8. The predicted octanol–water partition coefficient (Wildman–Crippen LogP) is 6.27. The van der Waals surface area contributed by atoms with Crippen LogP contribution in [0.15, 0.2) is 72.8 Å². The Balaban J connectivity index is 0.000000207. The van der Waals surface area contributed by atoms with Crippen molar-refractivity contribution in [2.24, 2.45) is 0 Å². The van der Waals surface area contributed by atoms with E-state index in [0.29, 0.717) is 11.3 Å². The van der Waals surface area contributed by atoms with E-state index in [1.807, 2.05) is 32.0 Å². The molecule has 0 fully saturated rings. The van der Waals surface area contributed by atoms with Gasteiger partial charge in [0.15, 0.2) is 0 Å². The number of phenols is 2. The summed E-state index contributed by atoms with van der Waals surface area (Å²) in [6.45, 7) is 6.52. The molecule has 0 atom stereocenters. The topological polar surface area (TPSA) is 49.7 Å². The summed E-state index contributed by atoms with van der Waals surface area (Å²) in [4.78, 5) is 0. The fourth-order valence-corrected chi connectivity index (χ4v) is 2.31. The summed E-state index contributed by atoms with van der Waals surface area (Å²) in [5.41, 5.74) is 1.90. The fraction of sp³-hybridized carbons (Fsp3) is 0.250. The zero-order valence-electron chi connectivity index (χ0n) is 16.7. The molecule has 4 rings (SSSR count). The Morgan fingerprint density at radius 3 is 2.00 bits per heavy atom. The van der Waals surface area contributed by atoms with Gasteiger partial charge in [0.2, 0.25) is 0 Å². The number of ether oxygens (including phenoxy) is 1. The van der Waals surface area contributed by atoms with Gasteiger partial charge in [-0.25, -0.2) is 4.39 Å². The average molecular weight is 384 g/mol. The van der Waals surface area contributed by atoms with Gasteiger partial charge in [-0.3, -0.25) is 0 Å². The van der Waals surface area contributed by atoms with Crippen molar-refractivity contribution < 1.29 is 19.3 Å². The standard InChI is InChI=1S/C9H10O2.C7H7F.C6H6O.C2H6/c10-8-4-3-7-2-1-5-11-9(7)6-8;1-6-4-2-3-5-7(6)8;7-6-4-2-1-3-5-6;1-2/h3-4,6,10H,1-2,5H2;2-5H,1H3;1-5,7H;1-2H3. The number of phenolic OH excluding ortho intramolecular Hbond substituents is 2. The van der Waals surface area contributed by atoms with Gasteiger partial charge in [0, 0.05) is 6.07 Å². The van der Waals surface area contributed by atoms with E-state index in [0.717, 1.165) is 25.2 Å². The van der Waals surface area contributed by atoms with Crippen LogP contribution in [0.1, 0.15) is 31.4 Å². The molecule has 150 valence electrons. The molecule has 1 aliphatic rings. The van der Waals surface area contributed by atoms with Crippen LogP contribution in [0.2, 0.25) is 0 Å². The van der Waals surface area contributed by atoms with Crippen molar-refractivity contribution in [3.63, 3.8) is 0 Å². The van der Waals surface area contributed by atoms with E-state index in [1.54, 1.807) is 55.5 Å². The summed E-state index contributed by atoms with van der Waals surface area (Å²) >= 11 is 0. The molecule has 0 bridgehead atoms. The monoisotopic (exact) mass is 384 g/mol. The maximum absolute atomic E-state index is 12.3. The van der Waals surface area contributed by atoms with Gasteiger partial charge in [0.05, 0.1) is 6.61 Å². The van der Waals surface area contributed by atoms with Crippen LogP contribution in [-0.4, -0.2) is 16.8 Å². The maximum Gasteiger partial charge on any atom is 0.126 e. The summed E-state index contributed by atoms with van der Waals surface area (Å²) < 4.78 is 17.7. The lowest BCUT2D eigenvalue weighted by Gasteiger charge is -2.16. The smallest absolute Gasteiger partial charge is 0.126 e. The lowest BCUT2D eigenvalue weighted by atomic mass is 10.1. The third kappa shape index (κ3) is 8.58. The Morgan fingerprint density at radius 2 is 1.46 bits per heavy atom. The highest BCUT2D eigenvalue weighted by atomic mass is 19.1. The summed E-state index contributed by atoms with van der Waals surface area (Å²) in [5, 5.41) is 17.7. The van der Waals surface area contributed by atoms with Crippen molar-refractivity contribution in [2.45, 2.75) is 33.6 Å². The van der Waals surface area contributed by atoms with Crippen molar-refractivity contribution >= 4 is 0 Å². The number of rotatable bonds is 0. The van der Waals surface area contributed by atoms with Gasteiger partial charge in [-0.05, 0) is 55.2 Å². The SMILES string of the molecule is CC.Cc1ccccc1F.Oc1ccc2c(c1)OCCC2.Oc1ccccc1. The van der Waals surface area contributed by atoms with Crippen LogP contribution in [0.3, 0.4) is 0 Å². The minimum Gasteiger partial charge on any atom is -0.508 e. The molecule has 2 N–H and O–H groups in total. The maximum atomic E-state index is 12.3. The predicted molar refractivity (Wildman–Crippen MR) is 113 cm³/mol. The van der Waals surface area contributed by atoms with E-state index < -0.39 is 0 Å². The molecule has 0 radical (unpaired) electrons. The number of aryl methyl sites for hydroxylation is 2. The molecule has 28 heavy (non-hydrogen) atoms. The average Bonchev–Trinajstić information content (AvgIpc) is 2.73. The van der Waals surface area contributed by atoms with Crippen LogP contribution < -0.4 is 4.74 Å². The third-order valence-corrected chi connectivity index (χ3v) is 3.73. The van der Waals surface area contributed by atoms with Crippen LogP contribution in [0, 0.1) is 12.7 Å². The quantitative estimate of drug-likeness (QED) is 0.480. The van der Waals surface area contributed by atoms with Gasteiger partial charge in [0.25, 0.3) is 0 Å². The van der Waals surface area contributed by atoms with Crippen molar-refractivity contribution in [1.82, 2.24) is 0 Å². The normalized spacial score (nSPS) is 11.0. The molecule has 0 saturated carbocycles. The molecule has 1 aliphatic heterocycles. The number of hydrogen-bond donors (Lipinski definition) is 2. The van der Waals surface area contributed by atoms with Crippen molar-refractivity contribution in [3.05, 3.63) is 89.7 Å². The van der Waals surface area contributed by atoms with E-state index in [9.17, 15) is 4.39 Å². The van der Waals surface area contributed by atoms with E-state index in [2.05, 4.69) is 0 Å². The largest absolute Gasteiger partial charge is 0.508 e. The minimum absolute atomic E-state index is 0.132. The Morgan fingerprint density at radius 1 is 0.821 bits per heavy atom. The Kier molecular flexibility index (Phi) is 10.9. The van der Waals surface area contributed by atoms with Crippen LogP contribution in [-0.2, 0) is 6.42 Å². The number of benzene rings is 3. The first-order chi connectivity index (χ1) is 13.6. The molecule has 3 aromatic carbocycles. The highest BCUT2D eigenvalue weighted by molar-refractivity contribution is 5.40. The summed E-state index contributed by atoms with van der Waals surface area (Å²) in [5.74, 6) is 1.32. The van der Waals surface area contributed by atoms with E-state index >= 15 is 0 Å². The van der Waals surface area contributed by atoms with Gasteiger partial charge in [-0.1, -0.05) is 56.3 Å². The van der Waals surface area contributed by atoms with Crippen LogP contribution in [0.4, 0.5) is 4.39 Å². The fourth-order valence-electron chi connectivity index (χ4n) is 2.31. The van der Waals surface area contributed by atoms with Crippen LogP contribution >= 0.6 is 0 Å². The molecule has 0 unspecified atom stereocenters. The van der Waals surface area contributed by atoms with E-state index in [1.165, 1.54) is 11.6 Å². The summed E-state index contributed by atoms with van der Waals surface area (Å²) in [6, 6.07) is 20.7. The first kappa shape index (κ1) is 23.0. The van der Waals surface area contributed by atoms with Crippen LogP contribution in [0.5, 0.6) is 17.2 Å². The Labute approximate surface area is 167 Å². The lowest BCUT2D eigenvalue weighted by molar-refractivity contribution is 0.286.